The van der Waals surface area contributed by atoms with Crippen LogP contribution < -0.4 is 11.4 Å². The Labute approximate surface area is 195 Å². The van der Waals surface area contributed by atoms with E-state index in [1.165, 1.54) is 6.20 Å². The molecule has 2 N–H and O–H groups in total. The molecule has 0 amide bonds. The highest BCUT2D eigenvalue weighted by atomic mass is 16.5. The molecule has 4 aromatic rings. The third kappa shape index (κ3) is 3.69. The maximum absolute atomic E-state index is 13.5. The number of aromatic nitrogens is 5. The molecule has 2 unspecified atom stereocenters. The van der Waals surface area contributed by atoms with Crippen molar-refractivity contribution in [2.24, 2.45) is 17.8 Å². The number of pyridine rings is 1. The zero-order valence-corrected chi connectivity index (χ0v) is 19.4. The van der Waals surface area contributed by atoms with E-state index in [9.17, 15) is 4.79 Å². The predicted octanol–water partition coefficient (Wildman–Crippen LogP) is 3.07. The van der Waals surface area contributed by atoms with Gasteiger partial charge in [0.15, 0.2) is 11.2 Å². The largest absolute Gasteiger partial charge is 0.450 e. The van der Waals surface area contributed by atoms with E-state index in [1.807, 2.05) is 25.4 Å². The first kappa shape index (κ1) is 22.0. The molecule has 0 aromatic carbocycles. The molecule has 0 saturated carbocycles. The van der Waals surface area contributed by atoms with E-state index in [2.05, 4.69) is 22.0 Å². The highest BCUT2D eigenvalue weighted by Gasteiger charge is 2.29. The zero-order chi connectivity index (χ0) is 23.8. The maximum atomic E-state index is 13.5. The van der Waals surface area contributed by atoms with Crippen molar-refractivity contribution in [1.82, 2.24) is 24.3 Å². The Morgan fingerprint density at radius 1 is 1.35 bits per heavy atom. The van der Waals surface area contributed by atoms with E-state index in [4.69, 9.17) is 19.9 Å². The minimum atomic E-state index is -0.340. The summed E-state index contributed by atoms with van der Waals surface area (Å²) in [5.41, 5.74) is 10.2. The van der Waals surface area contributed by atoms with Crippen LogP contribution in [0.4, 0.5) is 0 Å². The molecular weight excluding hydrogens is 434 g/mol. The number of nitrogens with two attached hydrogens (primary N) is 1. The van der Waals surface area contributed by atoms with Gasteiger partial charge in [0, 0.05) is 56.5 Å². The Morgan fingerprint density at radius 2 is 2.21 bits per heavy atom. The van der Waals surface area contributed by atoms with Gasteiger partial charge in [-0.25, -0.2) is 9.78 Å². The van der Waals surface area contributed by atoms with Crippen LogP contribution in [0.5, 0.6) is 0 Å². The lowest BCUT2D eigenvalue weighted by Gasteiger charge is -2.30. The predicted molar refractivity (Wildman–Crippen MR) is 131 cm³/mol. The normalized spacial score (nSPS) is 19.6. The average molecular weight is 462 g/mol. The number of allylic oxidation sites excluding steroid dienone is 1. The first-order chi connectivity index (χ1) is 16.5. The highest BCUT2D eigenvalue weighted by molar-refractivity contribution is 6.10. The number of furan rings is 1. The fraction of sp³-hybridized carbons (Fsp3) is 0.375. The fourth-order valence-corrected chi connectivity index (χ4v) is 4.60. The van der Waals surface area contributed by atoms with Crippen molar-refractivity contribution in [3.8, 4) is 11.3 Å². The second-order valence-corrected chi connectivity index (χ2v) is 8.43. The van der Waals surface area contributed by atoms with Gasteiger partial charge in [0.05, 0.1) is 18.0 Å². The van der Waals surface area contributed by atoms with Gasteiger partial charge in [-0.05, 0) is 31.4 Å². The quantitative estimate of drug-likeness (QED) is 0.453. The standard InChI is InChI=1S/C24H27N7O3/c1-4-17-9-16(7-8-33-17)31-22-21-19(6-5-18(28-21)14(10-25)11-26-2)34-23(22)20(29-24(31)32)15-12-27-30(3)13-15/h5-6,10-13,16-17H,4,7-9,25H2,1-3H3/b14-10+,26-11?. The average Bonchev–Trinajstić information content (AvgIpc) is 3.45. The summed E-state index contributed by atoms with van der Waals surface area (Å²) in [7, 11) is 3.49. The molecule has 5 rings (SSSR count). The summed E-state index contributed by atoms with van der Waals surface area (Å²) in [5.74, 6) is 0. The van der Waals surface area contributed by atoms with Crippen LogP contribution in [0.2, 0.25) is 0 Å². The van der Waals surface area contributed by atoms with E-state index in [-0.39, 0.29) is 17.8 Å². The van der Waals surface area contributed by atoms with Crippen LogP contribution in [-0.2, 0) is 11.8 Å². The molecule has 10 heteroatoms. The molecule has 176 valence electrons. The molecular formula is C24H27N7O3. The number of hydrogen-bond acceptors (Lipinski definition) is 8. The topological polar surface area (TPSA) is 126 Å². The van der Waals surface area contributed by atoms with E-state index in [1.54, 1.807) is 28.7 Å². The molecule has 34 heavy (non-hydrogen) atoms. The molecule has 1 saturated heterocycles. The van der Waals surface area contributed by atoms with E-state index in [0.29, 0.717) is 57.8 Å². The number of aliphatic imine (C=N–C) groups is 1. The highest BCUT2D eigenvalue weighted by Crippen LogP contribution is 2.36. The van der Waals surface area contributed by atoms with E-state index >= 15 is 0 Å². The molecule has 1 aliphatic heterocycles. The van der Waals surface area contributed by atoms with Gasteiger partial charge in [-0.15, -0.1) is 0 Å². The number of rotatable bonds is 5. The minimum Gasteiger partial charge on any atom is -0.450 e. The van der Waals surface area contributed by atoms with Crippen molar-refractivity contribution in [3.63, 3.8) is 0 Å². The summed E-state index contributed by atoms with van der Waals surface area (Å²) >= 11 is 0. The number of nitrogens with zero attached hydrogens (tertiary/aromatic N) is 6. The molecule has 0 bridgehead atoms. The number of aryl methyl sites for hydroxylation is 1. The van der Waals surface area contributed by atoms with Gasteiger partial charge in [-0.2, -0.15) is 10.1 Å². The van der Waals surface area contributed by atoms with Gasteiger partial charge in [0.2, 0.25) is 0 Å². The minimum absolute atomic E-state index is 0.0721. The Balaban J connectivity index is 1.82. The molecule has 10 nitrogen and oxygen atoms in total. The Hall–Kier alpha value is -3.79. The first-order valence-electron chi connectivity index (χ1n) is 11.3. The van der Waals surface area contributed by atoms with E-state index < -0.39 is 0 Å². The monoisotopic (exact) mass is 461 g/mol. The second-order valence-electron chi connectivity index (χ2n) is 8.43. The third-order valence-electron chi connectivity index (χ3n) is 6.26. The number of ether oxygens (including phenoxy) is 1. The Bertz CT molecular complexity index is 1480. The van der Waals surface area contributed by atoms with Gasteiger partial charge < -0.3 is 14.9 Å². The molecule has 2 atom stereocenters. The van der Waals surface area contributed by atoms with Crippen molar-refractivity contribution in [2.75, 3.05) is 13.7 Å². The van der Waals surface area contributed by atoms with Crippen molar-refractivity contribution in [2.45, 2.75) is 38.3 Å². The molecule has 0 spiro atoms. The summed E-state index contributed by atoms with van der Waals surface area (Å²) in [6.07, 6.45) is 9.00. The van der Waals surface area contributed by atoms with Gasteiger partial charge in [0.1, 0.15) is 16.7 Å². The molecule has 1 aliphatic rings. The number of hydrogen-bond donors (Lipinski definition) is 1. The van der Waals surface area contributed by atoms with Gasteiger partial charge in [-0.1, -0.05) is 6.92 Å². The number of fused-ring (bicyclic) bond motifs is 3. The summed E-state index contributed by atoms with van der Waals surface area (Å²) in [6, 6.07) is 3.59. The van der Waals surface area contributed by atoms with Crippen LogP contribution in [0.15, 0.2) is 44.9 Å². The summed E-state index contributed by atoms with van der Waals surface area (Å²) in [6.45, 7) is 2.68. The van der Waals surface area contributed by atoms with Crippen molar-refractivity contribution < 1.29 is 9.15 Å². The zero-order valence-electron chi connectivity index (χ0n) is 19.4. The van der Waals surface area contributed by atoms with Crippen LogP contribution in [0.25, 0.3) is 39.0 Å². The molecule has 1 fully saturated rings. The lowest BCUT2D eigenvalue weighted by atomic mass is 10.0. The molecule has 0 aliphatic carbocycles. The lowest BCUT2D eigenvalue weighted by molar-refractivity contribution is -0.00710. The van der Waals surface area contributed by atoms with Crippen LogP contribution in [0.3, 0.4) is 0 Å². The summed E-state index contributed by atoms with van der Waals surface area (Å²) in [4.78, 5) is 26.9. The summed E-state index contributed by atoms with van der Waals surface area (Å²) in [5, 5.41) is 4.24. The molecule has 0 radical (unpaired) electrons. The van der Waals surface area contributed by atoms with Gasteiger partial charge >= 0.3 is 5.69 Å². The first-order valence-corrected chi connectivity index (χ1v) is 11.3. The Kier molecular flexibility index (Phi) is 5.74. The SMILES string of the molecule is CCC1CC(n2c(=O)nc(-c3cnn(C)c3)c3oc4ccc(/C(C=NC)=C/N)nc4c32)CCO1. The van der Waals surface area contributed by atoms with Crippen molar-refractivity contribution >= 4 is 34.0 Å². The third-order valence-corrected chi connectivity index (χ3v) is 6.26. The van der Waals surface area contributed by atoms with Crippen molar-refractivity contribution in [3.05, 3.63) is 46.9 Å². The lowest BCUT2D eigenvalue weighted by Crippen LogP contribution is -2.34. The smallest absolute Gasteiger partial charge is 0.349 e. The van der Waals surface area contributed by atoms with Crippen LogP contribution in [0.1, 0.15) is 37.9 Å². The van der Waals surface area contributed by atoms with Crippen LogP contribution in [-0.4, -0.2) is 50.3 Å². The van der Waals surface area contributed by atoms with Gasteiger partial charge in [0.25, 0.3) is 0 Å². The van der Waals surface area contributed by atoms with Crippen LogP contribution in [0, 0.1) is 0 Å². The maximum Gasteiger partial charge on any atom is 0.349 e. The fourth-order valence-electron chi connectivity index (χ4n) is 4.60. The summed E-state index contributed by atoms with van der Waals surface area (Å²) < 4.78 is 15.5. The molecule has 4 aromatic heterocycles. The second kappa shape index (κ2) is 8.86. The van der Waals surface area contributed by atoms with Gasteiger partial charge in [-0.3, -0.25) is 14.2 Å². The van der Waals surface area contributed by atoms with E-state index in [0.717, 1.165) is 12.8 Å². The molecule has 5 heterocycles. The Morgan fingerprint density at radius 3 is 2.91 bits per heavy atom. The van der Waals surface area contributed by atoms with Crippen molar-refractivity contribution in [1.29, 1.82) is 0 Å². The van der Waals surface area contributed by atoms with Crippen LogP contribution >= 0.6 is 0 Å².